The van der Waals surface area contributed by atoms with Crippen molar-refractivity contribution < 1.29 is 9.90 Å². The number of benzene rings is 2. The Morgan fingerprint density at radius 1 is 1.21 bits per heavy atom. The highest BCUT2D eigenvalue weighted by Crippen LogP contribution is 2.36. The number of hydrogen-bond acceptors (Lipinski definition) is 3. The van der Waals surface area contributed by atoms with Gasteiger partial charge in [0.25, 0.3) is 0 Å². The average Bonchev–Trinajstić information content (AvgIpc) is 2.90. The molecule has 0 spiro atoms. The molecule has 1 aliphatic heterocycles. The fraction of sp³-hybridized carbons (Fsp3) is 0.263. The molecule has 0 bridgehead atoms. The van der Waals surface area contributed by atoms with Crippen LogP contribution < -0.4 is 0 Å². The molecule has 0 saturated heterocycles. The molecular weight excluding hydrogens is 368 g/mol. The van der Waals surface area contributed by atoms with Crippen LogP contribution in [0.3, 0.4) is 0 Å². The van der Waals surface area contributed by atoms with Crippen LogP contribution in [0.15, 0.2) is 64.2 Å². The molecule has 2 aromatic rings. The lowest BCUT2D eigenvalue weighted by Crippen LogP contribution is -2.43. The number of aliphatic hydroxyl groups is 1. The lowest BCUT2D eigenvalue weighted by Gasteiger charge is -2.31. The third kappa shape index (κ3) is 3.42. The standard InChI is InChI=1S/C19H19BrN2O2/c1-14-13-19(24,16-8-10-17(20)11-9-16)22(21-14)18(23)12-7-15-5-3-2-4-6-15/h2-6,8-11,24H,7,12-13H2,1H3. The van der Waals surface area contributed by atoms with E-state index in [1.807, 2.05) is 61.5 Å². The van der Waals surface area contributed by atoms with Gasteiger partial charge in [0, 0.05) is 28.6 Å². The van der Waals surface area contributed by atoms with E-state index in [4.69, 9.17) is 0 Å². The summed E-state index contributed by atoms with van der Waals surface area (Å²) in [6, 6.07) is 17.2. The summed E-state index contributed by atoms with van der Waals surface area (Å²) in [6.07, 6.45) is 1.26. The van der Waals surface area contributed by atoms with Crippen LogP contribution in [-0.4, -0.2) is 21.7 Å². The Morgan fingerprint density at radius 2 is 1.88 bits per heavy atom. The van der Waals surface area contributed by atoms with Crippen molar-refractivity contribution >= 4 is 27.5 Å². The largest absolute Gasteiger partial charge is 0.365 e. The van der Waals surface area contributed by atoms with E-state index in [0.717, 1.165) is 15.7 Å². The van der Waals surface area contributed by atoms with Crippen LogP contribution in [0.1, 0.15) is 30.9 Å². The van der Waals surface area contributed by atoms with Gasteiger partial charge in [-0.1, -0.05) is 58.4 Å². The minimum absolute atomic E-state index is 0.180. The second kappa shape index (κ2) is 6.87. The van der Waals surface area contributed by atoms with E-state index in [9.17, 15) is 9.90 Å². The third-order valence-electron chi connectivity index (χ3n) is 4.14. The first-order valence-corrected chi connectivity index (χ1v) is 8.68. The second-order valence-corrected chi connectivity index (χ2v) is 6.94. The molecule has 1 N–H and O–H groups in total. The third-order valence-corrected chi connectivity index (χ3v) is 4.67. The van der Waals surface area contributed by atoms with Gasteiger partial charge in [0.1, 0.15) is 0 Å². The molecule has 1 aliphatic rings. The monoisotopic (exact) mass is 386 g/mol. The van der Waals surface area contributed by atoms with E-state index in [0.29, 0.717) is 24.8 Å². The molecule has 4 nitrogen and oxygen atoms in total. The Balaban J connectivity index is 1.78. The minimum Gasteiger partial charge on any atom is -0.365 e. The smallest absolute Gasteiger partial charge is 0.245 e. The molecule has 24 heavy (non-hydrogen) atoms. The van der Waals surface area contributed by atoms with Crippen molar-refractivity contribution in [3.8, 4) is 0 Å². The first-order valence-electron chi connectivity index (χ1n) is 7.88. The summed E-state index contributed by atoms with van der Waals surface area (Å²) in [5.41, 5.74) is 1.10. The predicted molar refractivity (Wildman–Crippen MR) is 97.4 cm³/mol. The number of aryl methyl sites for hydroxylation is 1. The molecule has 5 heteroatoms. The lowest BCUT2D eigenvalue weighted by molar-refractivity contribution is -0.157. The molecular formula is C19H19BrN2O2. The van der Waals surface area contributed by atoms with E-state index >= 15 is 0 Å². The molecule has 124 valence electrons. The Hall–Kier alpha value is -1.98. The SMILES string of the molecule is CC1=NN(C(=O)CCc2ccccc2)C(O)(c2ccc(Br)cc2)C1. The highest BCUT2D eigenvalue weighted by molar-refractivity contribution is 9.10. The number of rotatable bonds is 4. The van der Waals surface area contributed by atoms with Crippen molar-refractivity contribution in [2.24, 2.45) is 5.10 Å². The molecule has 1 heterocycles. The number of halogens is 1. The van der Waals surface area contributed by atoms with Gasteiger partial charge in [-0.25, -0.2) is 0 Å². The van der Waals surface area contributed by atoms with Crippen LogP contribution in [0.5, 0.6) is 0 Å². The minimum atomic E-state index is -1.40. The Morgan fingerprint density at radius 3 is 2.54 bits per heavy atom. The van der Waals surface area contributed by atoms with Crippen LogP contribution in [0.4, 0.5) is 0 Å². The van der Waals surface area contributed by atoms with E-state index in [1.54, 1.807) is 0 Å². The summed E-state index contributed by atoms with van der Waals surface area (Å²) in [7, 11) is 0. The fourth-order valence-electron chi connectivity index (χ4n) is 2.93. The molecule has 0 aliphatic carbocycles. The van der Waals surface area contributed by atoms with E-state index < -0.39 is 5.72 Å². The van der Waals surface area contributed by atoms with Gasteiger partial charge in [-0.15, -0.1) is 0 Å². The van der Waals surface area contributed by atoms with Crippen LogP contribution in [0, 0.1) is 0 Å². The Kier molecular flexibility index (Phi) is 4.83. The highest BCUT2D eigenvalue weighted by atomic mass is 79.9. The summed E-state index contributed by atoms with van der Waals surface area (Å²) in [5, 5.41) is 16.7. The molecule has 1 atom stereocenters. The summed E-state index contributed by atoms with van der Waals surface area (Å²) in [5.74, 6) is -0.180. The van der Waals surface area contributed by atoms with Crippen molar-refractivity contribution in [1.82, 2.24) is 5.01 Å². The van der Waals surface area contributed by atoms with Crippen LogP contribution in [0.25, 0.3) is 0 Å². The van der Waals surface area contributed by atoms with E-state index in [2.05, 4.69) is 21.0 Å². The average molecular weight is 387 g/mol. The quantitative estimate of drug-likeness (QED) is 0.867. The van der Waals surface area contributed by atoms with Gasteiger partial charge in [0.05, 0.1) is 0 Å². The van der Waals surface area contributed by atoms with E-state index in [1.165, 1.54) is 5.01 Å². The maximum atomic E-state index is 12.7. The fourth-order valence-corrected chi connectivity index (χ4v) is 3.19. The van der Waals surface area contributed by atoms with Gasteiger partial charge in [0.2, 0.25) is 5.91 Å². The maximum absolute atomic E-state index is 12.7. The lowest BCUT2D eigenvalue weighted by atomic mass is 9.97. The molecule has 3 rings (SSSR count). The van der Waals surface area contributed by atoms with Crippen molar-refractivity contribution in [3.05, 3.63) is 70.2 Å². The van der Waals surface area contributed by atoms with Gasteiger partial charge in [0.15, 0.2) is 5.72 Å². The maximum Gasteiger partial charge on any atom is 0.245 e. The number of hydrogen-bond donors (Lipinski definition) is 1. The number of hydrazone groups is 1. The first kappa shape index (κ1) is 16.9. The zero-order valence-electron chi connectivity index (χ0n) is 13.4. The van der Waals surface area contributed by atoms with Crippen molar-refractivity contribution in [3.63, 3.8) is 0 Å². The molecule has 2 aromatic carbocycles. The van der Waals surface area contributed by atoms with Gasteiger partial charge in [-0.05, 0) is 31.0 Å². The predicted octanol–water partition coefficient (Wildman–Crippen LogP) is 3.84. The number of nitrogens with zero attached hydrogens (tertiary/aromatic N) is 2. The molecule has 1 unspecified atom stereocenters. The second-order valence-electron chi connectivity index (χ2n) is 6.03. The summed E-state index contributed by atoms with van der Waals surface area (Å²) >= 11 is 3.39. The molecule has 0 radical (unpaired) electrons. The summed E-state index contributed by atoms with van der Waals surface area (Å²) in [4.78, 5) is 12.7. The van der Waals surface area contributed by atoms with E-state index in [-0.39, 0.29) is 5.91 Å². The highest BCUT2D eigenvalue weighted by Gasteiger charge is 2.44. The topological polar surface area (TPSA) is 52.9 Å². The van der Waals surface area contributed by atoms with Gasteiger partial charge < -0.3 is 5.11 Å². The van der Waals surface area contributed by atoms with Crippen LogP contribution in [-0.2, 0) is 16.9 Å². The van der Waals surface area contributed by atoms with Gasteiger partial charge in [-0.3, -0.25) is 4.79 Å². The number of amides is 1. The van der Waals surface area contributed by atoms with Crippen LogP contribution in [0.2, 0.25) is 0 Å². The van der Waals surface area contributed by atoms with Crippen molar-refractivity contribution in [2.75, 3.05) is 0 Å². The zero-order valence-corrected chi connectivity index (χ0v) is 15.0. The Labute approximate surface area is 149 Å². The summed E-state index contributed by atoms with van der Waals surface area (Å²) < 4.78 is 0.924. The number of carbonyl (C=O) groups excluding carboxylic acids is 1. The molecule has 1 amide bonds. The molecule has 0 fully saturated rings. The van der Waals surface area contributed by atoms with Gasteiger partial charge >= 0.3 is 0 Å². The Bertz CT molecular complexity index is 759. The zero-order chi connectivity index (χ0) is 17.2. The van der Waals surface area contributed by atoms with Crippen LogP contribution >= 0.6 is 15.9 Å². The first-order chi connectivity index (χ1) is 11.5. The summed E-state index contributed by atoms with van der Waals surface area (Å²) in [6.45, 7) is 1.83. The van der Waals surface area contributed by atoms with Gasteiger partial charge in [-0.2, -0.15) is 10.1 Å². The van der Waals surface area contributed by atoms with Crippen molar-refractivity contribution in [1.29, 1.82) is 0 Å². The van der Waals surface area contributed by atoms with Crippen molar-refractivity contribution in [2.45, 2.75) is 31.9 Å². The normalized spacial score (nSPS) is 20.1. The number of carbonyl (C=O) groups is 1. The molecule has 0 aromatic heterocycles. The molecule has 0 saturated carbocycles.